The molecule has 1 fully saturated rings. The SMILES string of the molecule is CCOC(=O)[C@H]1[C@@H]2CCC(OC(=O)Oc3c(F)c(F)c(F)c(F)c3F)/C=C\C[C@@H]21. The van der Waals surface area contributed by atoms with Crippen LogP contribution >= 0.6 is 0 Å². The molecule has 1 unspecified atom stereocenters. The van der Waals surface area contributed by atoms with Crippen molar-refractivity contribution < 1.29 is 45.8 Å². The van der Waals surface area contributed by atoms with E-state index in [2.05, 4.69) is 4.74 Å². The van der Waals surface area contributed by atoms with Gasteiger partial charge in [0, 0.05) is 0 Å². The van der Waals surface area contributed by atoms with E-state index in [0.29, 0.717) is 19.3 Å². The molecule has 0 aromatic heterocycles. The van der Waals surface area contributed by atoms with Crippen LogP contribution in [0.5, 0.6) is 5.75 Å². The van der Waals surface area contributed by atoms with Crippen molar-refractivity contribution in [1.29, 1.82) is 0 Å². The third-order valence-corrected chi connectivity index (χ3v) is 5.04. The van der Waals surface area contributed by atoms with Crippen LogP contribution in [0.1, 0.15) is 26.2 Å². The molecule has 1 aromatic rings. The summed E-state index contributed by atoms with van der Waals surface area (Å²) < 4.78 is 80.7. The molecule has 0 heterocycles. The number of fused-ring (bicyclic) bond motifs is 1. The van der Waals surface area contributed by atoms with Gasteiger partial charge in [-0.3, -0.25) is 4.79 Å². The quantitative estimate of drug-likeness (QED) is 0.180. The predicted molar refractivity (Wildman–Crippen MR) is 87.2 cm³/mol. The lowest BCUT2D eigenvalue weighted by atomic mass is 10.0. The minimum absolute atomic E-state index is 0.0660. The molecule has 0 aliphatic heterocycles. The van der Waals surface area contributed by atoms with Gasteiger partial charge < -0.3 is 14.2 Å². The lowest BCUT2D eigenvalue weighted by molar-refractivity contribution is -0.145. The van der Waals surface area contributed by atoms with E-state index < -0.39 is 47.1 Å². The zero-order valence-corrected chi connectivity index (χ0v) is 15.2. The number of benzene rings is 1. The normalized spacial score (nSPS) is 26.6. The summed E-state index contributed by atoms with van der Waals surface area (Å²) in [5.41, 5.74) is 0. The third-order valence-electron chi connectivity index (χ3n) is 5.04. The van der Waals surface area contributed by atoms with Crippen molar-refractivity contribution >= 4 is 12.1 Å². The van der Waals surface area contributed by atoms with Gasteiger partial charge in [0.25, 0.3) is 0 Å². The molecule has 2 aliphatic carbocycles. The van der Waals surface area contributed by atoms with Gasteiger partial charge in [0.2, 0.25) is 34.8 Å². The number of hydrogen-bond donors (Lipinski definition) is 0. The van der Waals surface area contributed by atoms with Crippen LogP contribution in [-0.2, 0) is 14.3 Å². The maximum Gasteiger partial charge on any atom is 0.514 e. The van der Waals surface area contributed by atoms with Crippen LogP contribution in [0.2, 0.25) is 0 Å². The van der Waals surface area contributed by atoms with Crippen LogP contribution in [0.4, 0.5) is 26.7 Å². The Morgan fingerprint density at radius 1 is 0.966 bits per heavy atom. The van der Waals surface area contributed by atoms with Crippen molar-refractivity contribution in [2.24, 2.45) is 17.8 Å². The van der Waals surface area contributed by atoms with Crippen molar-refractivity contribution in [3.05, 3.63) is 41.2 Å². The van der Waals surface area contributed by atoms with Gasteiger partial charge in [-0.25, -0.2) is 18.0 Å². The molecule has 0 radical (unpaired) electrons. The predicted octanol–water partition coefficient (Wildman–Crippen LogP) is 4.43. The Labute approximate surface area is 162 Å². The lowest BCUT2D eigenvalue weighted by Gasteiger charge is -2.16. The minimum Gasteiger partial charge on any atom is -0.466 e. The summed E-state index contributed by atoms with van der Waals surface area (Å²) in [5.74, 6) is -13.4. The van der Waals surface area contributed by atoms with E-state index in [9.17, 15) is 31.5 Å². The Bertz CT molecular complexity index is 827. The Balaban J connectivity index is 1.62. The lowest BCUT2D eigenvalue weighted by Crippen LogP contribution is -2.21. The highest BCUT2D eigenvalue weighted by molar-refractivity contribution is 5.76. The molecule has 1 saturated carbocycles. The Morgan fingerprint density at radius 2 is 1.59 bits per heavy atom. The van der Waals surface area contributed by atoms with E-state index in [1.165, 1.54) is 6.08 Å². The standard InChI is InChI=1S/C19H17F5O5/c1-2-27-18(25)11-9-5-3-4-8(6-7-10(9)11)28-19(26)29-17-15(23)13(21)12(20)14(22)16(17)24/h3-4,8-11H,2,5-7H2,1H3/b4-3-/t8?,9-,10+,11+/m0/s1. The summed E-state index contributed by atoms with van der Waals surface area (Å²) in [6.07, 6.45) is 2.15. The second-order valence-electron chi connectivity index (χ2n) is 6.75. The maximum atomic E-state index is 13.6. The van der Waals surface area contributed by atoms with Gasteiger partial charge in [0.05, 0.1) is 12.5 Å². The molecule has 158 valence electrons. The summed E-state index contributed by atoms with van der Waals surface area (Å²) in [7, 11) is 0. The highest BCUT2D eigenvalue weighted by Crippen LogP contribution is 2.53. The molecule has 3 rings (SSSR count). The fraction of sp³-hybridized carbons (Fsp3) is 0.474. The highest BCUT2D eigenvalue weighted by atomic mass is 19.2. The Kier molecular flexibility index (Phi) is 6.09. The summed E-state index contributed by atoms with van der Waals surface area (Å²) in [6, 6.07) is 0. The molecule has 0 bridgehead atoms. The summed E-state index contributed by atoms with van der Waals surface area (Å²) in [5, 5.41) is 0. The topological polar surface area (TPSA) is 61.8 Å². The molecule has 1 aromatic carbocycles. The van der Waals surface area contributed by atoms with E-state index in [1.807, 2.05) is 0 Å². The smallest absolute Gasteiger partial charge is 0.466 e. The average molecular weight is 420 g/mol. The number of carbonyl (C=O) groups is 2. The first-order valence-electron chi connectivity index (χ1n) is 8.99. The molecule has 0 amide bonds. The van der Waals surface area contributed by atoms with Gasteiger partial charge in [-0.1, -0.05) is 6.08 Å². The summed E-state index contributed by atoms with van der Waals surface area (Å²) in [6.45, 7) is 1.99. The third kappa shape index (κ3) is 4.20. The van der Waals surface area contributed by atoms with Gasteiger partial charge in [-0.05, 0) is 44.1 Å². The highest BCUT2D eigenvalue weighted by Gasteiger charge is 2.54. The molecular weight excluding hydrogens is 403 g/mol. The molecule has 0 spiro atoms. The van der Waals surface area contributed by atoms with Gasteiger partial charge in [-0.15, -0.1) is 0 Å². The average Bonchev–Trinajstić information content (AvgIpc) is 3.36. The first kappa shape index (κ1) is 21.1. The number of allylic oxidation sites excluding steroid dienone is 1. The molecule has 10 heteroatoms. The van der Waals surface area contributed by atoms with Crippen molar-refractivity contribution in [2.75, 3.05) is 6.61 Å². The van der Waals surface area contributed by atoms with E-state index >= 15 is 0 Å². The number of halogens is 5. The van der Waals surface area contributed by atoms with E-state index in [0.717, 1.165) is 0 Å². The fourth-order valence-electron chi connectivity index (χ4n) is 3.59. The van der Waals surface area contributed by atoms with E-state index in [4.69, 9.17) is 9.47 Å². The van der Waals surface area contributed by atoms with Crippen LogP contribution in [0.15, 0.2) is 12.2 Å². The number of esters is 1. The van der Waals surface area contributed by atoms with Crippen molar-refractivity contribution in [3.8, 4) is 5.75 Å². The molecular formula is C19H17F5O5. The molecule has 29 heavy (non-hydrogen) atoms. The molecule has 0 N–H and O–H groups in total. The van der Waals surface area contributed by atoms with Crippen LogP contribution in [0.25, 0.3) is 0 Å². The van der Waals surface area contributed by atoms with E-state index in [1.54, 1.807) is 13.0 Å². The Morgan fingerprint density at radius 3 is 2.21 bits per heavy atom. The van der Waals surface area contributed by atoms with Crippen molar-refractivity contribution in [2.45, 2.75) is 32.3 Å². The van der Waals surface area contributed by atoms with Gasteiger partial charge in [0.1, 0.15) is 6.10 Å². The second kappa shape index (κ2) is 8.38. The summed E-state index contributed by atoms with van der Waals surface area (Å²) in [4.78, 5) is 23.7. The van der Waals surface area contributed by atoms with E-state index in [-0.39, 0.29) is 30.3 Å². The van der Waals surface area contributed by atoms with Crippen LogP contribution in [0.3, 0.4) is 0 Å². The molecule has 2 aliphatic rings. The molecule has 5 nitrogen and oxygen atoms in total. The van der Waals surface area contributed by atoms with Crippen molar-refractivity contribution in [1.82, 2.24) is 0 Å². The zero-order chi connectivity index (χ0) is 21.3. The molecule has 0 saturated heterocycles. The number of ether oxygens (including phenoxy) is 3. The fourth-order valence-corrected chi connectivity index (χ4v) is 3.59. The number of rotatable bonds is 4. The number of carbonyl (C=O) groups excluding carboxylic acids is 2. The van der Waals surface area contributed by atoms with Crippen molar-refractivity contribution in [3.63, 3.8) is 0 Å². The maximum absolute atomic E-state index is 13.6. The van der Waals surface area contributed by atoms with Gasteiger partial charge in [0.15, 0.2) is 0 Å². The van der Waals surface area contributed by atoms with Crippen LogP contribution in [-0.4, -0.2) is 24.8 Å². The van der Waals surface area contributed by atoms with Crippen LogP contribution < -0.4 is 4.74 Å². The first-order chi connectivity index (χ1) is 13.8. The summed E-state index contributed by atoms with van der Waals surface area (Å²) >= 11 is 0. The first-order valence-corrected chi connectivity index (χ1v) is 8.99. The number of hydrogen-bond acceptors (Lipinski definition) is 5. The molecule has 4 atom stereocenters. The monoisotopic (exact) mass is 420 g/mol. The zero-order valence-electron chi connectivity index (χ0n) is 15.2. The van der Waals surface area contributed by atoms with Gasteiger partial charge >= 0.3 is 12.1 Å². The minimum atomic E-state index is -2.36. The second-order valence-corrected chi connectivity index (χ2v) is 6.75. The van der Waals surface area contributed by atoms with Crippen LogP contribution in [0, 0.1) is 46.8 Å². The largest absolute Gasteiger partial charge is 0.514 e. The van der Waals surface area contributed by atoms with Gasteiger partial charge in [-0.2, -0.15) is 8.78 Å². The Hall–Kier alpha value is -2.65.